The maximum atomic E-state index is 12.8. The van der Waals surface area contributed by atoms with Crippen LogP contribution in [0, 0.1) is 0 Å². The van der Waals surface area contributed by atoms with E-state index < -0.39 is 11.7 Å². The summed E-state index contributed by atoms with van der Waals surface area (Å²) in [5.41, 5.74) is -0.712. The maximum absolute atomic E-state index is 12.8. The first-order chi connectivity index (χ1) is 9.45. The lowest BCUT2D eigenvalue weighted by Gasteiger charge is -2.18. The van der Waals surface area contributed by atoms with E-state index in [9.17, 15) is 13.2 Å². The minimum absolute atomic E-state index is 0.0889. The second-order valence-electron chi connectivity index (χ2n) is 4.81. The molecule has 0 spiro atoms. The third kappa shape index (κ3) is 5.82. The van der Waals surface area contributed by atoms with Crippen LogP contribution in [0.4, 0.5) is 13.2 Å². The fraction of sp³-hybridized carbons (Fsp3) is 0.600. The van der Waals surface area contributed by atoms with Gasteiger partial charge in [0.2, 0.25) is 0 Å². The van der Waals surface area contributed by atoms with Crippen LogP contribution >= 0.6 is 0 Å². The van der Waals surface area contributed by atoms with Crippen LogP contribution in [0.5, 0.6) is 5.75 Å². The molecule has 0 aromatic heterocycles. The van der Waals surface area contributed by atoms with Crippen molar-refractivity contribution in [1.29, 1.82) is 0 Å². The van der Waals surface area contributed by atoms with Gasteiger partial charge in [0.25, 0.3) is 0 Å². The first kappa shape index (κ1) is 16.8. The topological polar surface area (TPSA) is 21.3 Å². The standard InChI is InChI=1S/C15H22F3NO/c1-3-10-19-11-6-7-12(2)20-14-9-5-4-8-13(14)15(16,17)18/h4-5,8-9,12,19H,3,6-7,10-11H2,1-2H3. The van der Waals surface area contributed by atoms with Crippen molar-refractivity contribution in [2.24, 2.45) is 0 Å². The fourth-order valence-electron chi connectivity index (χ4n) is 1.90. The van der Waals surface area contributed by atoms with E-state index in [1.165, 1.54) is 12.1 Å². The van der Waals surface area contributed by atoms with Gasteiger partial charge in [0, 0.05) is 0 Å². The summed E-state index contributed by atoms with van der Waals surface area (Å²) in [4.78, 5) is 0. The van der Waals surface area contributed by atoms with E-state index in [0.717, 1.165) is 38.4 Å². The van der Waals surface area contributed by atoms with Gasteiger partial charge in [0.15, 0.2) is 0 Å². The van der Waals surface area contributed by atoms with Crippen LogP contribution in [0.1, 0.15) is 38.7 Å². The van der Waals surface area contributed by atoms with E-state index >= 15 is 0 Å². The summed E-state index contributed by atoms with van der Waals surface area (Å²) >= 11 is 0. The second kappa shape index (κ2) is 8.15. The van der Waals surface area contributed by atoms with Gasteiger partial charge in [-0.1, -0.05) is 19.1 Å². The smallest absolute Gasteiger partial charge is 0.419 e. The van der Waals surface area contributed by atoms with E-state index in [1.54, 1.807) is 13.0 Å². The third-order valence-electron chi connectivity index (χ3n) is 2.91. The van der Waals surface area contributed by atoms with Crippen LogP contribution < -0.4 is 10.1 Å². The zero-order chi connectivity index (χ0) is 15.0. The SMILES string of the molecule is CCCNCCCC(C)Oc1ccccc1C(F)(F)F. The molecule has 0 fully saturated rings. The molecule has 1 atom stereocenters. The van der Waals surface area contributed by atoms with E-state index in [-0.39, 0.29) is 11.9 Å². The Kier molecular flexibility index (Phi) is 6.85. The number of para-hydroxylation sites is 1. The van der Waals surface area contributed by atoms with Crippen LogP contribution in [-0.4, -0.2) is 19.2 Å². The van der Waals surface area contributed by atoms with Crippen molar-refractivity contribution in [1.82, 2.24) is 5.32 Å². The lowest BCUT2D eigenvalue weighted by molar-refractivity contribution is -0.139. The van der Waals surface area contributed by atoms with Crippen LogP contribution in [0.25, 0.3) is 0 Å². The Morgan fingerprint density at radius 1 is 1.20 bits per heavy atom. The van der Waals surface area contributed by atoms with Gasteiger partial charge in [-0.2, -0.15) is 13.2 Å². The van der Waals surface area contributed by atoms with Crippen molar-refractivity contribution in [2.45, 2.75) is 45.4 Å². The molecule has 1 aromatic rings. The van der Waals surface area contributed by atoms with Crippen LogP contribution in [0.15, 0.2) is 24.3 Å². The van der Waals surface area contributed by atoms with Crippen molar-refractivity contribution in [2.75, 3.05) is 13.1 Å². The number of hydrogen-bond donors (Lipinski definition) is 1. The molecule has 0 saturated heterocycles. The fourth-order valence-corrected chi connectivity index (χ4v) is 1.90. The average Bonchev–Trinajstić information content (AvgIpc) is 2.38. The van der Waals surface area contributed by atoms with Gasteiger partial charge in [-0.25, -0.2) is 0 Å². The summed E-state index contributed by atoms with van der Waals surface area (Å²) in [6.45, 7) is 5.72. The molecule has 0 aliphatic heterocycles. The lowest BCUT2D eigenvalue weighted by atomic mass is 10.1. The number of ether oxygens (including phenoxy) is 1. The number of nitrogens with one attached hydrogen (secondary N) is 1. The highest BCUT2D eigenvalue weighted by molar-refractivity contribution is 5.35. The van der Waals surface area contributed by atoms with E-state index in [2.05, 4.69) is 12.2 Å². The molecule has 0 aliphatic rings. The molecule has 2 nitrogen and oxygen atoms in total. The Labute approximate surface area is 118 Å². The van der Waals surface area contributed by atoms with E-state index in [0.29, 0.717) is 0 Å². The van der Waals surface area contributed by atoms with Gasteiger partial charge in [-0.15, -0.1) is 0 Å². The summed E-state index contributed by atoms with van der Waals surface area (Å²) in [5.74, 6) is -0.0889. The number of benzene rings is 1. The van der Waals surface area contributed by atoms with Gasteiger partial charge >= 0.3 is 6.18 Å². The summed E-state index contributed by atoms with van der Waals surface area (Å²) in [7, 11) is 0. The predicted molar refractivity (Wildman–Crippen MR) is 73.9 cm³/mol. The molecular formula is C15H22F3NO. The molecule has 0 bridgehead atoms. The Hall–Kier alpha value is -1.23. The monoisotopic (exact) mass is 289 g/mol. The summed E-state index contributed by atoms with van der Waals surface area (Å²) in [6.07, 6.45) is -1.93. The highest BCUT2D eigenvalue weighted by Crippen LogP contribution is 2.36. The minimum Gasteiger partial charge on any atom is -0.490 e. The number of hydrogen-bond acceptors (Lipinski definition) is 2. The molecule has 1 rings (SSSR count). The molecule has 114 valence electrons. The van der Waals surface area contributed by atoms with Crippen molar-refractivity contribution in [3.8, 4) is 5.75 Å². The molecule has 0 amide bonds. The van der Waals surface area contributed by atoms with Gasteiger partial charge < -0.3 is 10.1 Å². The largest absolute Gasteiger partial charge is 0.490 e. The van der Waals surface area contributed by atoms with Gasteiger partial charge in [0.1, 0.15) is 5.75 Å². The van der Waals surface area contributed by atoms with Crippen LogP contribution in [0.3, 0.4) is 0 Å². The Morgan fingerprint density at radius 2 is 1.90 bits per heavy atom. The Morgan fingerprint density at radius 3 is 2.55 bits per heavy atom. The highest BCUT2D eigenvalue weighted by atomic mass is 19.4. The van der Waals surface area contributed by atoms with Crippen molar-refractivity contribution in [3.63, 3.8) is 0 Å². The molecule has 0 aliphatic carbocycles. The second-order valence-corrected chi connectivity index (χ2v) is 4.81. The van der Waals surface area contributed by atoms with Gasteiger partial charge in [0.05, 0.1) is 11.7 Å². The summed E-state index contributed by atoms with van der Waals surface area (Å²) in [6, 6.07) is 5.34. The number of alkyl halides is 3. The zero-order valence-corrected chi connectivity index (χ0v) is 12.0. The maximum Gasteiger partial charge on any atom is 0.419 e. The quantitative estimate of drug-likeness (QED) is 0.722. The molecule has 0 radical (unpaired) electrons. The van der Waals surface area contributed by atoms with Crippen molar-refractivity contribution < 1.29 is 17.9 Å². The highest BCUT2D eigenvalue weighted by Gasteiger charge is 2.34. The first-order valence-corrected chi connectivity index (χ1v) is 6.98. The molecule has 1 unspecified atom stereocenters. The normalized spacial score (nSPS) is 13.2. The lowest BCUT2D eigenvalue weighted by Crippen LogP contribution is -2.20. The molecular weight excluding hydrogens is 267 g/mol. The zero-order valence-electron chi connectivity index (χ0n) is 12.0. The van der Waals surface area contributed by atoms with E-state index in [1.807, 2.05) is 0 Å². The molecule has 0 saturated carbocycles. The minimum atomic E-state index is -4.38. The molecule has 20 heavy (non-hydrogen) atoms. The molecule has 1 N–H and O–H groups in total. The first-order valence-electron chi connectivity index (χ1n) is 6.98. The van der Waals surface area contributed by atoms with Crippen LogP contribution in [0.2, 0.25) is 0 Å². The van der Waals surface area contributed by atoms with Crippen LogP contribution in [-0.2, 0) is 6.18 Å². The molecule has 0 heterocycles. The van der Waals surface area contributed by atoms with E-state index in [4.69, 9.17) is 4.74 Å². The van der Waals surface area contributed by atoms with Gasteiger partial charge in [-0.05, 0) is 51.4 Å². The third-order valence-corrected chi connectivity index (χ3v) is 2.91. The Balaban J connectivity index is 2.48. The molecule has 5 heteroatoms. The van der Waals surface area contributed by atoms with Crippen molar-refractivity contribution in [3.05, 3.63) is 29.8 Å². The predicted octanol–water partition coefficient (Wildman–Crippen LogP) is 4.25. The summed E-state index contributed by atoms with van der Waals surface area (Å²) < 4.78 is 43.8. The average molecular weight is 289 g/mol. The Bertz CT molecular complexity index is 393. The number of halogens is 3. The number of rotatable bonds is 8. The molecule has 1 aromatic carbocycles. The van der Waals surface area contributed by atoms with Gasteiger partial charge in [-0.3, -0.25) is 0 Å². The summed E-state index contributed by atoms with van der Waals surface area (Å²) in [5, 5.41) is 3.25. The van der Waals surface area contributed by atoms with Crippen molar-refractivity contribution >= 4 is 0 Å².